The molecule has 0 aliphatic heterocycles. The van der Waals surface area contributed by atoms with E-state index in [0.717, 1.165) is 6.07 Å². The monoisotopic (exact) mass is 288 g/mol. The molecular weight excluding hydrogens is 280 g/mol. The lowest BCUT2D eigenvalue weighted by atomic mass is 10.2. The van der Waals surface area contributed by atoms with E-state index in [4.69, 9.17) is 20.5 Å². The van der Waals surface area contributed by atoms with Crippen LogP contribution in [0.25, 0.3) is 0 Å². The first kappa shape index (κ1) is 14.4. The predicted molar refractivity (Wildman–Crippen MR) is 65.4 cm³/mol. The molecule has 0 bridgehead atoms. The fourth-order valence-electron chi connectivity index (χ4n) is 1.14. The van der Waals surface area contributed by atoms with E-state index in [9.17, 15) is 13.2 Å². The van der Waals surface area contributed by atoms with Crippen LogP contribution in [0.5, 0.6) is 5.75 Å². The molecule has 0 aromatic heterocycles. The van der Waals surface area contributed by atoms with Crippen molar-refractivity contribution in [3.05, 3.63) is 23.8 Å². The van der Waals surface area contributed by atoms with Crippen LogP contribution in [0.3, 0.4) is 0 Å². The van der Waals surface area contributed by atoms with Gasteiger partial charge in [-0.25, -0.2) is 13.2 Å². The van der Waals surface area contributed by atoms with Crippen molar-refractivity contribution in [3.63, 3.8) is 0 Å². The molecule has 18 heavy (non-hydrogen) atoms. The molecule has 5 nitrogen and oxygen atoms in total. The lowest BCUT2D eigenvalue weighted by molar-refractivity contribution is 0.0696. The normalized spacial score (nSPS) is 10.3. The van der Waals surface area contributed by atoms with Crippen molar-refractivity contribution in [2.45, 2.75) is 11.8 Å². The summed E-state index contributed by atoms with van der Waals surface area (Å²) in [7, 11) is 1.13. The molecule has 1 N–H and O–H groups in total. The van der Waals surface area contributed by atoms with E-state index >= 15 is 0 Å². The minimum absolute atomic E-state index is 0.0116. The van der Waals surface area contributed by atoms with Gasteiger partial charge in [0.1, 0.15) is 17.3 Å². The van der Waals surface area contributed by atoms with Gasteiger partial charge < -0.3 is 9.84 Å². The molecule has 0 heterocycles. The fourth-order valence-corrected chi connectivity index (χ4v) is 2.13. The third-order valence-corrected chi connectivity index (χ3v) is 3.27. The second-order valence-corrected chi connectivity index (χ2v) is 5.65. The number of aromatic carboxylic acids is 1. The van der Waals surface area contributed by atoms with Gasteiger partial charge in [0.25, 0.3) is 9.05 Å². The molecule has 0 atom stereocenters. The first-order valence-electron chi connectivity index (χ1n) is 4.70. The van der Waals surface area contributed by atoms with Gasteiger partial charge in [0.2, 0.25) is 0 Å². The Morgan fingerprint density at radius 1 is 1.50 bits per heavy atom. The maximum Gasteiger partial charge on any atom is 0.335 e. The summed E-state index contributed by atoms with van der Waals surface area (Å²) in [5.74, 6) is 3.88. The Labute approximate surface area is 109 Å². The Morgan fingerprint density at radius 3 is 2.67 bits per heavy atom. The van der Waals surface area contributed by atoms with Crippen molar-refractivity contribution in [1.29, 1.82) is 0 Å². The summed E-state index contributed by atoms with van der Waals surface area (Å²) in [6.45, 7) is 1.60. The third-order valence-electron chi connectivity index (χ3n) is 1.93. The maximum atomic E-state index is 11.3. The zero-order valence-electron chi connectivity index (χ0n) is 9.31. The van der Waals surface area contributed by atoms with Gasteiger partial charge in [-0.15, -0.1) is 5.92 Å². The number of rotatable bonds is 4. The van der Waals surface area contributed by atoms with Gasteiger partial charge in [0, 0.05) is 10.7 Å². The molecule has 1 aromatic carbocycles. The van der Waals surface area contributed by atoms with Gasteiger partial charge in [0.05, 0.1) is 5.56 Å². The van der Waals surface area contributed by atoms with Gasteiger partial charge in [-0.2, -0.15) is 0 Å². The van der Waals surface area contributed by atoms with E-state index in [-0.39, 0.29) is 22.8 Å². The zero-order chi connectivity index (χ0) is 13.8. The standard InChI is InChI=1S/C11H9ClO5S/c1-2-3-6-17-9-5-4-8(11(13)14)7-10(9)18(12,15)16/h4-5,7H,6H2,1H3,(H,13,14). The lowest BCUT2D eigenvalue weighted by Crippen LogP contribution is -2.04. The van der Waals surface area contributed by atoms with E-state index in [1.165, 1.54) is 12.1 Å². The molecular formula is C11H9ClO5S. The summed E-state index contributed by atoms with van der Waals surface area (Å²) in [5, 5.41) is 8.78. The highest BCUT2D eigenvalue weighted by Crippen LogP contribution is 2.28. The summed E-state index contributed by atoms with van der Waals surface area (Å²) in [6, 6.07) is 3.40. The number of halogens is 1. The highest BCUT2D eigenvalue weighted by molar-refractivity contribution is 8.13. The van der Waals surface area contributed by atoms with E-state index in [1.807, 2.05) is 0 Å². The number of ether oxygens (including phenoxy) is 1. The molecule has 0 aliphatic carbocycles. The Kier molecular flexibility index (Phi) is 4.59. The highest BCUT2D eigenvalue weighted by atomic mass is 35.7. The van der Waals surface area contributed by atoms with Crippen LogP contribution in [0.2, 0.25) is 0 Å². The quantitative estimate of drug-likeness (QED) is 0.674. The van der Waals surface area contributed by atoms with Crippen molar-refractivity contribution in [3.8, 4) is 17.6 Å². The Bertz CT molecular complexity index is 625. The van der Waals surface area contributed by atoms with Gasteiger partial charge in [-0.05, 0) is 25.1 Å². The largest absolute Gasteiger partial charge is 0.480 e. The van der Waals surface area contributed by atoms with E-state index < -0.39 is 15.0 Å². The van der Waals surface area contributed by atoms with Crippen LogP contribution < -0.4 is 4.74 Å². The van der Waals surface area contributed by atoms with Crippen LogP contribution in [0.15, 0.2) is 23.1 Å². The van der Waals surface area contributed by atoms with Gasteiger partial charge in [-0.3, -0.25) is 0 Å². The molecule has 0 spiro atoms. The average Bonchev–Trinajstić information content (AvgIpc) is 2.28. The Hall–Kier alpha value is -1.71. The molecule has 0 saturated heterocycles. The van der Waals surface area contributed by atoms with Crippen LogP contribution >= 0.6 is 10.7 Å². The smallest absolute Gasteiger partial charge is 0.335 e. The molecule has 0 fully saturated rings. The summed E-state index contributed by atoms with van der Waals surface area (Å²) in [6.07, 6.45) is 0. The summed E-state index contributed by atoms with van der Waals surface area (Å²) in [4.78, 5) is 10.4. The molecule has 96 valence electrons. The predicted octanol–water partition coefficient (Wildman–Crippen LogP) is 1.71. The molecule has 0 radical (unpaired) electrons. The summed E-state index contributed by atoms with van der Waals surface area (Å²) < 4.78 is 27.7. The molecule has 0 unspecified atom stereocenters. The minimum Gasteiger partial charge on any atom is -0.480 e. The number of hydrogen-bond acceptors (Lipinski definition) is 4. The van der Waals surface area contributed by atoms with Gasteiger partial charge in [-0.1, -0.05) is 5.92 Å². The van der Waals surface area contributed by atoms with Crippen LogP contribution in [0, 0.1) is 11.8 Å². The fraction of sp³-hybridized carbons (Fsp3) is 0.182. The summed E-state index contributed by atoms with van der Waals surface area (Å²) in [5.41, 5.74) is -0.192. The topological polar surface area (TPSA) is 80.7 Å². The van der Waals surface area contributed by atoms with Crippen molar-refractivity contribution >= 4 is 25.7 Å². The Balaban J connectivity index is 3.24. The molecule has 0 amide bonds. The minimum atomic E-state index is -4.09. The summed E-state index contributed by atoms with van der Waals surface area (Å²) >= 11 is 0. The van der Waals surface area contributed by atoms with E-state index in [2.05, 4.69) is 11.8 Å². The van der Waals surface area contributed by atoms with Crippen LogP contribution in [-0.2, 0) is 9.05 Å². The maximum absolute atomic E-state index is 11.3. The number of hydrogen-bond donors (Lipinski definition) is 1. The molecule has 0 saturated carbocycles. The van der Waals surface area contributed by atoms with Crippen molar-refractivity contribution in [1.82, 2.24) is 0 Å². The van der Waals surface area contributed by atoms with Crippen LogP contribution in [0.4, 0.5) is 0 Å². The molecule has 0 aliphatic rings. The van der Waals surface area contributed by atoms with Gasteiger partial charge in [0.15, 0.2) is 0 Å². The van der Waals surface area contributed by atoms with E-state index in [0.29, 0.717) is 0 Å². The van der Waals surface area contributed by atoms with Crippen LogP contribution in [0.1, 0.15) is 17.3 Å². The van der Waals surface area contributed by atoms with Crippen molar-refractivity contribution in [2.75, 3.05) is 6.61 Å². The average molecular weight is 289 g/mol. The first-order chi connectivity index (χ1) is 8.36. The zero-order valence-corrected chi connectivity index (χ0v) is 10.9. The second-order valence-electron chi connectivity index (χ2n) is 3.12. The number of carbonyl (C=O) groups is 1. The molecule has 1 aromatic rings. The number of carboxylic acid groups (broad SMARTS) is 1. The third kappa shape index (κ3) is 3.65. The van der Waals surface area contributed by atoms with Crippen molar-refractivity contribution in [2.24, 2.45) is 0 Å². The first-order valence-corrected chi connectivity index (χ1v) is 7.01. The Morgan fingerprint density at radius 2 is 2.17 bits per heavy atom. The van der Waals surface area contributed by atoms with Crippen LogP contribution in [-0.4, -0.2) is 26.1 Å². The SMILES string of the molecule is CC#CCOc1ccc(C(=O)O)cc1S(=O)(=O)Cl. The lowest BCUT2D eigenvalue weighted by Gasteiger charge is -2.07. The second kappa shape index (κ2) is 5.76. The van der Waals surface area contributed by atoms with Gasteiger partial charge >= 0.3 is 5.97 Å². The number of benzene rings is 1. The molecule has 7 heteroatoms. The highest BCUT2D eigenvalue weighted by Gasteiger charge is 2.19. The molecule has 1 rings (SSSR count). The van der Waals surface area contributed by atoms with E-state index in [1.54, 1.807) is 6.92 Å². The van der Waals surface area contributed by atoms with Crippen molar-refractivity contribution < 1.29 is 23.1 Å². The number of carboxylic acids is 1.